The summed E-state index contributed by atoms with van der Waals surface area (Å²) in [4.78, 5) is 0. The van der Waals surface area contributed by atoms with Crippen LogP contribution >= 0.6 is 11.6 Å². The molecule has 0 aliphatic rings. The number of aromatic nitrogens is 3. The van der Waals surface area contributed by atoms with Crippen molar-refractivity contribution < 1.29 is 4.74 Å². The molecule has 0 spiro atoms. The standard InChI is InChI=1S/C17H12ClN5O/c18-16-5-6-17(15(7-16)9-22-23-11-20-21-12-23)24-10-14-3-1-13(8-19)2-4-14/h1-7,9,11-12H,10H2/b22-9-. The highest BCUT2D eigenvalue weighted by atomic mass is 35.5. The van der Waals surface area contributed by atoms with Crippen LogP contribution in [0.2, 0.25) is 5.02 Å². The third-order valence-electron chi connectivity index (χ3n) is 3.19. The summed E-state index contributed by atoms with van der Waals surface area (Å²) in [6, 6.07) is 14.6. The molecule has 3 aromatic rings. The Morgan fingerprint density at radius 3 is 2.62 bits per heavy atom. The molecule has 0 saturated heterocycles. The zero-order valence-corrected chi connectivity index (χ0v) is 13.3. The van der Waals surface area contributed by atoms with Gasteiger partial charge in [0.15, 0.2) is 0 Å². The summed E-state index contributed by atoms with van der Waals surface area (Å²) in [5, 5.41) is 21.0. The zero-order valence-electron chi connectivity index (χ0n) is 12.5. The molecule has 7 heteroatoms. The van der Waals surface area contributed by atoms with Crippen molar-refractivity contribution in [1.82, 2.24) is 14.9 Å². The summed E-state index contributed by atoms with van der Waals surface area (Å²) in [6.45, 7) is 0.376. The molecular formula is C17H12ClN5O. The second-order valence-corrected chi connectivity index (χ2v) is 5.30. The van der Waals surface area contributed by atoms with Crippen LogP contribution in [-0.4, -0.2) is 21.1 Å². The molecule has 3 rings (SSSR count). The van der Waals surface area contributed by atoms with Gasteiger partial charge in [-0.15, -0.1) is 10.2 Å². The molecule has 0 aliphatic carbocycles. The van der Waals surface area contributed by atoms with Crippen molar-refractivity contribution in [3.63, 3.8) is 0 Å². The largest absolute Gasteiger partial charge is 0.488 e. The van der Waals surface area contributed by atoms with Crippen molar-refractivity contribution in [2.24, 2.45) is 5.10 Å². The van der Waals surface area contributed by atoms with Crippen molar-refractivity contribution in [2.75, 3.05) is 0 Å². The maximum absolute atomic E-state index is 8.82. The Bertz CT molecular complexity index is 882. The van der Waals surface area contributed by atoms with E-state index in [0.29, 0.717) is 22.9 Å². The molecule has 0 bridgehead atoms. The monoisotopic (exact) mass is 337 g/mol. The Labute approximate surface area is 143 Å². The molecule has 0 radical (unpaired) electrons. The van der Waals surface area contributed by atoms with Crippen LogP contribution in [0.25, 0.3) is 0 Å². The SMILES string of the molecule is N#Cc1ccc(COc2ccc(Cl)cc2/C=N\n2cnnc2)cc1. The summed E-state index contributed by atoms with van der Waals surface area (Å²) in [7, 11) is 0. The van der Waals surface area contributed by atoms with Gasteiger partial charge in [-0.05, 0) is 35.9 Å². The first-order valence-electron chi connectivity index (χ1n) is 7.05. The third-order valence-corrected chi connectivity index (χ3v) is 3.42. The smallest absolute Gasteiger partial charge is 0.141 e. The first kappa shape index (κ1) is 15.7. The van der Waals surface area contributed by atoms with Crippen LogP contribution in [0.1, 0.15) is 16.7 Å². The molecule has 0 saturated carbocycles. The first-order chi connectivity index (χ1) is 11.7. The Morgan fingerprint density at radius 2 is 1.92 bits per heavy atom. The van der Waals surface area contributed by atoms with Crippen LogP contribution < -0.4 is 4.74 Å². The third kappa shape index (κ3) is 3.97. The number of ether oxygens (including phenoxy) is 1. The average Bonchev–Trinajstić information content (AvgIpc) is 3.13. The van der Waals surface area contributed by atoms with E-state index in [0.717, 1.165) is 11.1 Å². The number of halogens is 1. The maximum atomic E-state index is 8.82. The zero-order chi connectivity index (χ0) is 16.8. The second-order valence-electron chi connectivity index (χ2n) is 4.87. The van der Waals surface area contributed by atoms with E-state index in [1.165, 1.54) is 17.3 Å². The summed E-state index contributed by atoms with van der Waals surface area (Å²) in [6.07, 6.45) is 4.60. The molecule has 0 N–H and O–H groups in total. The van der Waals surface area contributed by atoms with Gasteiger partial charge in [-0.1, -0.05) is 23.7 Å². The highest BCUT2D eigenvalue weighted by molar-refractivity contribution is 6.30. The number of rotatable bonds is 5. The maximum Gasteiger partial charge on any atom is 0.141 e. The summed E-state index contributed by atoms with van der Waals surface area (Å²) in [5.74, 6) is 0.653. The van der Waals surface area contributed by atoms with Crippen molar-refractivity contribution in [3.8, 4) is 11.8 Å². The van der Waals surface area contributed by atoms with Gasteiger partial charge in [-0.25, -0.2) is 4.68 Å². The first-order valence-corrected chi connectivity index (χ1v) is 7.43. The summed E-state index contributed by atoms with van der Waals surface area (Å²) >= 11 is 6.05. The molecule has 118 valence electrons. The lowest BCUT2D eigenvalue weighted by Crippen LogP contribution is -1.99. The van der Waals surface area contributed by atoms with Gasteiger partial charge in [0.25, 0.3) is 0 Å². The van der Waals surface area contributed by atoms with E-state index >= 15 is 0 Å². The fraction of sp³-hybridized carbons (Fsp3) is 0.0588. The fourth-order valence-electron chi connectivity index (χ4n) is 1.97. The molecule has 0 unspecified atom stereocenters. The average molecular weight is 338 g/mol. The van der Waals surface area contributed by atoms with Crippen molar-refractivity contribution >= 4 is 17.8 Å². The van der Waals surface area contributed by atoms with E-state index in [-0.39, 0.29) is 0 Å². The number of benzene rings is 2. The van der Waals surface area contributed by atoms with Gasteiger partial charge in [-0.3, -0.25) is 0 Å². The molecule has 6 nitrogen and oxygen atoms in total. The molecule has 1 heterocycles. The lowest BCUT2D eigenvalue weighted by atomic mass is 10.1. The van der Waals surface area contributed by atoms with Gasteiger partial charge in [0.05, 0.1) is 17.8 Å². The van der Waals surface area contributed by atoms with Gasteiger partial charge in [0, 0.05) is 10.6 Å². The fourth-order valence-corrected chi connectivity index (χ4v) is 2.15. The molecular weight excluding hydrogens is 326 g/mol. The molecule has 0 amide bonds. The Morgan fingerprint density at radius 1 is 1.17 bits per heavy atom. The Kier molecular flexibility index (Phi) is 4.84. The Balaban J connectivity index is 1.76. The van der Waals surface area contributed by atoms with Crippen molar-refractivity contribution in [3.05, 3.63) is 76.8 Å². The van der Waals surface area contributed by atoms with Crippen LogP contribution in [0.4, 0.5) is 0 Å². The van der Waals surface area contributed by atoms with Crippen LogP contribution in [0.3, 0.4) is 0 Å². The van der Waals surface area contributed by atoms with Gasteiger partial charge in [0.1, 0.15) is 25.0 Å². The number of hydrogen-bond acceptors (Lipinski definition) is 5. The minimum atomic E-state index is 0.376. The number of nitrogens with zero attached hydrogens (tertiary/aromatic N) is 5. The predicted octanol–water partition coefficient (Wildman–Crippen LogP) is 3.26. The normalized spacial score (nSPS) is 10.7. The lowest BCUT2D eigenvalue weighted by Gasteiger charge is -2.09. The minimum absolute atomic E-state index is 0.376. The molecule has 0 atom stereocenters. The van der Waals surface area contributed by atoms with E-state index in [1.807, 2.05) is 12.1 Å². The van der Waals surface area contributed by atoms with Crippen molar-refractivity contribution in [1.29, 1.82) is 5.26 Å². The van der Waals surface area contributed by atoms with E-state index in [2.05, 4.69) is 21.4 Å². The topological polar surface area (TPSA) is 76.1 Å². The summed E-state index contributed by atoms with van der Waals surface area (Å²) in [5.41, 5.74) is 2.32. The van der Waals surface area contributed by atoms with Crippen LogP contribution in [0.5, 0.6) is 5.75 Å². The van der Waals surface area contributed by atoms with Crippen LogP contribution in [-0.2, 0) is 6.61 Å². The Hall–Kier alpha value is -3.17. The van der Waals surface area contributed by atoms with Crippen LogP contribution in [0.15, 0.2) is 60.2 Å². The van der Waals surface area contributed by atoms with Gasteiger partial charge in [-0.2, -0.15) is 10.4 Å². The molecule has 24 heavy (non-hydrogen) atoms. The van der Waals surface area contributed by atoms with E-state index in [1.54, 1.807) is 36.5 Å². The lowest BCUT2D eigenvalue weighted by molar-refractivity contribution is 0.306. The van der Waals surface area contributed by atoms with E-state index in [4.69, 9.17) is 21.6 Å². The summed E-state index contributed by atoms with van der Waals surface area (Å²) < 4.78 is 7.33. The predicted molar refractivity (Wildman–Crippen MR) is 90.0 cm³/mol. The number of nitriles is 1. The van der Waals surface area contributed by atoms with E-state index < -0.39 is 0 Å². The molecule has 0 aliphatic heterocycles. The second kappa shape index (κ2) is 7.40. The van der Waals surface area contributed by atoms with Gasteiger partial charge < -0.3 is 4.74 Å². The molecule has 0 fully saturated rings. The van der Waals surface area contributed by atoms with Gasteiger partial charge in [0.2, 0.25) is 0 Å². The van der Waals surface area contributed by atoms with Gasteiger partial charge >= 0.3 is 0 Å². The number of hydrogen-bond donors (Lipinski definition) is 0. The quantitative estimate of drug-likeness (QED) is 0.669. The van der Waals surface area contributed by atoms with E-state index in [9.17, 15) is 0 Å². The highest BCUT2D eigenvalue weighted by Gasteiger charge is 2.04. The highest BCUT2D eigenvalue weighted by Crippen LogP contribution is 2.22. The van der Waals surface area contributed by atoms with Crippen LogP contribution in [0, 0.1) is 11.3 Å². The van der Waals surface area contributed by atoms with Crippen molar-refractivity contribution in [2.45, 2.75) is 6.61 Å². The molecule has 1 aromatic heterocycles. The minimum Gasteiger partial charge on any atom is -0.488 e. The molecule has 2 aromatic carbocycles.